The molecule has 1 unspecified atom stereocenters. The summed E-state index contributed by atoms with van der Waals surface area (Å²) >= 11 is 0. The van der Waals surface area contributed by atoms with E-state index in [0.29, 0.717) is 45.8 Å². The second kappa shape index (κ2) is 8.29. The summed E-state index contributed by atoms with van der Waals surface area (Å²) in [5.74, 6) is 1.27. The summed E-state index contributed by atoms with van der Waals surface area (Å²) in [6, 6.07) is 3.13. The van der Waals surface area contributed by atoms with Crippen molar-refractivity contribution in [2.75, 3.05) is 39.5 Å². The maximum Gasteiger partial charge on any atom is 0.410 e. The molecular formula is C21H29FN4O4. The predicted molar refractivity (Wildman–Crippen MR) is 109 cm³/mol. The van der Waals surface area contributed by atoms with Crippen molar-refractivity contribution in [3.63, 3.8) is 0 Å². The standard InChI is InChI=1S/C21H29FN4O4/c1-21(2,3)30-20(27)25-6-7-26-17(11-25)10-24-19(26)23-5-4-14-8-16(22)9-15-12-28-13-29-18(14)15/h8-9,17H,4-7,10-13H2,1-3H3,(H,23,24). The number of nitrogens with zero attached hydrogens (tertiary/aromatic N) is 3. The van der Waals surface area contributed by atoms with Crippen LogP contribution in [0.15, 0.2) is 17.1 Å². The third-order valence-corrected chi connectivity index (χ3v) is 5.29. The Labute approximate surface area is 176 Å². The Morgan fingerprint density at radius 3 is 3.00 bits per heavy atom. The van der Waals surface area contributed by atoms with Crippen molar-refractivity contribution in [2.45, 2.75) is 45.4 Å². The average Bonchev–Trinajstić information content (AvgIpc) is 3.09. The highest BCUT2D eigenvalue weighted by atomic mass is 19.1. The highest BCUT2D eigenvalue weighted by molar-refractivity contribution is 5.82. The number of carbonyl (C=O) groups is 1. The Morgan fingerprint density at radius 2 is 2.20 bits per heavy atom. The first-order valence-electron chi connectivity index (χ1n) is 10.3. The summed E-state index contributed by atoms with van der Waals surface area (Å²) in [5.41, 5.74) is 1.07. The molecule has 0 aromatic heterocycles. The fraction of sp³-hybridized carbons (Fsp3) is 0.619. The molecule has 1 amide bonds. The van der Waals surface area contributed by atoms with Crippen LogP contribution in [0.3, 0.4) is 0 Å². The maximum absolute atomic E-state index is 13.9. The van der Waals surface area contributed by atoms with E-state index < -0.39 is 5.60 Å². The number of hydrogen-bond donors (Lipinski definition) is 1. The number of ether oxygens (including phenoxy) is 3. The van der Waals surface area contributed by atoms with E-state index in [4.69, 9.17) is 14.2 Å². The molecule has 0 aliphatic carbocycles. The van der Waals surface area contributed by atoms with Crippen molar-refractivity contribution < 1.29 is 23.4 Å². The van der Waals surface area contributed by atoms with Crippen LogP contribution in [0.2, 0.25) is 0 Å². The molecule has 1 saturated heterocycles. The minimum absolute atomic E-state index is 0.149. The zero-order valence-electron chi connectivity index (χ0n) is 17.7. The molecule has 0 bridgehead atoms. The van der Waals surface area contributed by atoms with E-state index in [2.05, 4.69) is 15.2 Å². The van der Waals surface area contributed by atoms with Crippen molar-refractivity contribution in [2.24, 2.45) is 4.99 Å². The molecule has 3 aliphatic heterocycles. The second-order valence-electron chi connectivity index (χ2n) is 8.78. The zero-order valence-corrected chi connectivity index (χ0v) is 17.7. The fourth-order valence-corrected chi connectivity index (χ4v) is 3.97. The van der Waals surface area contributed by atoms with Gasteiger partial charge in [-0.05, 0) is 44.9 Å². The molecule has 3 aliphatic rings. The van der Waals surface area contributed by atoms with Crippen LogP contribution < -0.4 is 10.1 Å². The van der Waals surface area contributed by atoms with Crippen molar-refractivity contribution in [3.8, 4) is 5.75 Å². The van der Waals surface area contributed by atoms with Gasteiger partial charge in [0.15, 0.2) is 12.8 Å². The average molecular weight is 420 g/mol. The Kier molecular flexibility index (Phi) is 5.73. The molecule has 3 heterocycles. The third-order valence-electron chi connectivity index (χ3n) is 5.29. The number of nitrogens with one attached hydrogen (secondary N) is 1. The van der Waals surface area contributed by atoms with E-state index in [-0.39, 0.29) is 24.7 Å². The minimum atomic E-state index is -0.501. The molecule has 1 aromatic carbocycles. The van der Waals surface area contributed by atoms with Gasteiger partial charge >= 0.3 is 6.09 Å². The molecule has 1 fully saturated rings. The van der Waals surface area contributed by atoms with E-state index in [1.807, 2.05) is 20.8 Å². The molecule has 9 heteroatoms. The van der Waals surface area contributed by atoms with Gasteiger partial charge in [0.2, 0.25) is 0 Å². The molecule has 4 rings (SSSR count). The highest BCUT2D eigenvalue weighted by Crippen LogP contribution is 2.29. The number of rotatable bonds is 3. The lowest BCUT2D eigenvalue weighted by Gasteiger charge is -2.39. The summed E-state index contributed by atoms with van der Waals surface area (Å²) in [5, 5.41) is 3.37. The molecule has 0 radical (unpaired) electrons. The van der Waals surface area contributed by atoms with Gasteiger partial charge in [-0.15, -0.1) is 0 Å². The van der Waals surface area contributed by atoms with E-state index in [1.54, 1.807) is 4.90 Å². The van der Waals surface area contributed by atoms with Crippen LogP contribution in [0.25, 0.3) is 0 Å². The van der Waals surface area contributed by atoms with Gasteiger partial charge in [-0.25, -0.2) is 9.18 Å². The number of hydrogen-bond acceptors (Lipinski definition) is 7. The van der Waals surface area contributed by atoms with Gasteiger partial charge in [0.25, 0.3) is 0 Å². The quantitative estimate of drug-likeness (QED) is 0.807. The summed E-state index contributed by atoms with van der Waals surface area (Å²) in [6.07, 6.45) is 0.338. The minimum Gasteiger partial charge on any atom is -0.467 e. The smallest absolute Gasteiger partial charge is 0.410 e. The molecule has 0 saturated carbocycles. The van der Waals surface area contributed by atoms with Gasteiger partial charge in [-0.1, -0.05) is 0 Å². The van der Waals surface area contributed by atoms with Crippen LogP contribution >= 0.6 is 0 Å². The van der Waals surface area contributed by atoms with Crippen LogP contribution in [0.5, 0.6) is 5.75 Å². The van der Waals surface area contributed by atoms with Gasteiger partial charge < -0.3 is 29.3 Å². The van der Waals surface area contributed by atoms with E-state index in [1.165, 1.54) is 12.1 Å². The van der Waals surface area contributed by atoms with Gasteiger partial charge in [-0.3, -0.25) is 4.99 Å². The van der Waals surface area contributed by atoms with E-state index in [0.717, 1.165) is 22.8 Å². The van der Waals surface area contributed by atoms with Crippen molar-refractivity contribution in [1.29, 1.82) is 0 Å². The van der Waals surface area contributed by atoms with Crippen LogP contribution in [-0.4, -0.2) is 73.0 Å². The van der Waals surface area contributed by atoms with Crippen molar-refractivity contribution >= 4 is 12.1 Å². The summed E-state index contributed by atoms with van der Waals surface area (Å²) in [7, 11) is 0. The van der Waals surface area contributed by atoms with Crippen LogP contribution in [-0.2, 0) is 22.5 Å². The summed E-state index contributed by atoms with van der Waals surface area (Å²) in [6.45, 7) is 9.30. The monoisotopic (exact) mass is 420 g/mol. The number of fused-ring (bicyclic) bond motifs is 2. The topological polar surface area (TPSA) is 75.6 Å². The van der Waals surface area contributed by atoms with Crippen molar-refractivity contribution in [3.05, 3.63) is 29.1 Å². The first-order valence-corrected chi connectivity index (χ1v) is 10.3. The van der Waals surface area contributed by atoms with Gasteiger partial charge in [-0.2, -0.15) is 0 Å². The lowest BCUT2D eigenvalue weighted by molar-refractivity contribution is -0.0172. The Bertz CT molecular complexity index is 839. The number of amides is 1. The van der Waals surface area contributed by atoms with Gasteiger partial charge in [0.05, 0.1) is 19.2 Å². The fourth-order valence-electron chi connectivity index (χ4n) is 3.97. The number of benzene rings is 1. The second-order valence-corrected chi connectivity index (χ2v) is 8.78. The zero-order chi connectivity index (χ0) is 21.3. The van der Waals surface area contributed by atoms with Crippen LogP contribution in [0.1, 0.15) is 31.9 Å². The van der Waals surface area contributed by atoms with E-state index in [9.17, 15) is 9.18 Å². The normalized spacial score (nSPS) is 20.8. The number of carbonyl (C=O) groups excluding carboxylic acids is 1. The lowest BCUT2D eigenvalue weighted by atomic mass is 10.1. The molecular weight excluding hydrogens is 391 g/mol. The highest BCUT2D eigenvalue weighted by Gasteiger charge is 2.36. The predicted octanol–water partition coefficient (Wildman–Crippen LogP) is 2.12. The van der Waals surface area contributed by atoms with E-state index >= 15 is 0 Å². The SMILES string of the molecule is CC(C)(C)OC(=O)N1CCN2C(NCCc3cc(F)cc4c3OCOC4)=NCC2C1. The summed E-state index contributed by atoms with van der Waals surface area (Å²) < 4.78 is 30.2. The van der Waals surface area contributed by atoms with Crippen LogP contribution in [0, 0.1) is 5.82 Å². The third kappa shape index (κ3) is 4.61. The first-order chi connectivity index (χ1) is 14.3. The molecule has 1 aromatic rings. The maximum atomic E-state index is 13.9. The Hall–Kier alpha value is -2.55. The summed E-state index contributed by atoms with van der Waals surface area (Å²) in [4.78, 5) is 20.9. The number of aliphatic imine (C=N–C) groups is 1. The molecule has 1 N–H and O–H groups in total. The largest absolute Gasteiger partial charge is 0.467 e. The number of guanidine groups is 1. The van der Waals surface area contributed by atoms with Crippen molar-refractivity contribution in [1.82, 2.24) is 15.1 Å². The Balaban J connectivity index is 1.30. The lowest BCUT2D eigenvalue weighted by Crippen LogP contribution is -2.57. The van der Waals surface area contributed by atoms with Gasteiger partial charge in [0.1, 0.15) is 17.2 Å². The molecule has 8 nitrogen and oxygen atoms in total. The first kappa shape index (κ1) is 20.7. The molecule has 1 atom stereocenters. The van der Waals surface area contributed by atoms with Crippen LogP contribution in [0.4, 0.5) is 9.18 Å². The molecule has 164 valence electrons. The molecule has 30 heavy (non-hydrogen) atoms. The van der Waals surface area contributed by atoms with Gasteiger partial charge in [0, 0.05) is 31.7 Å². The number of halogens is 1. The Morgan fingerprint density at radius 1 is 1.37 bits per heavy atom. The number of piperazine rings is 1. The molecule has 0 spiro atoms.